The maximum absolute atomic E-state index is 5.86. The largest absolute Gasteiger partial charge is 0.368 e. The third kappa shape index (κ3) is 2.14. The molecule has 2 atom stereocenters. The van der Waals surface area contributed by atoms with Gasteiger partial charge in [0.25, 0.3) is 0 Å². The Bertz CT molecular complexity index is 311. The number of ether oxygens (including phenoxy) is 1. The molecule has 2 heteroatoms. The molecule has 1 aromatic rings. The number of nitrogens with one attached hydrogen (secondary N) is 1. The first-order valence-corrected chi connectivity index (χ1v) is 5.18. The second-order valence-corrected chi connectivity index (χ2v) is 4.01. The SMILES string of the molecule is Cc1cccc(C2CNC[C@@H](C)O2)c1. The summed E-state index contributed by atoms with van der Waals surface area (Å²) in [6.45, 7) is 6.11. The Balaban J connectivity index is 2.14. The molecule has 0 radical (unpaired) electrons. The van der Waals surface area contributed by atoms with Crippen molar-refractivity contribution in [3.63, 3.8) is 0 Å². The van der Waals surface area contributed by atoms with E-state index in [1.165, 1.54) is 11.1 Å². The van der Waals surface area contributed by atoms with Crippen molar-refractivity contribution in [1.82, 2.24) is 5.32 Å². The molecule has 1 heterocycles. The molecule has 1 N–H and O–H groups in total. The Labute approximate surface area is 85.3 Å². The molecule has 0 aromatic heterocycles. The monoisotopic (exact) mass is 191 g/mol. The fourth-order valence-corrected chi connectivity index (χ4v) is 1.86. The number of aryl methyl sites for hydroxylation is 1. The molecule has 1 saturated heterocycles. The van der Waals surface area contributed by atoms with Crippen molar-refractivity contribution >= 4 is 0 Å². The van der Waals surface area contributed by atoms with Crippen LogP contribution in [-0.2, 0) is 4.74 Å². The van der Waals surface area contributed by atoms with Crippen LogP contribution in [0.3, 0.4) is 0 Å². The highest BCUT2D eigenvalue weighted by molar-refractivity contribution is 5.24. The van der Waals surface area contributed by atoms with E-state index in [9.17, 15) is 0 Å². The fourth-order valence-electron chi connectivity index (χ4n) is 1.86. The van der Waals surface area contributed by atoms with Gasteiger partial charge >= 0.3 is 0 Å². The summed E-state index contributed by atoms with van der Waals surface area (Å²) >= 11 is 0. The lowest BCUT2D eigenvalue weighted by Gasteiger charge is -2.29. The highest BCUT2D eigenvalue weighted by Gasteiger charge is 2.19. The first kappa shape index (κ1) is 9.69. The first-order valence-electron chi connectivity index (χ1n) is 5.18. The molecule has 1 aromatic carbocycles. The molecule has 76 valence electrons. The molecule has 2 rings (SSSR count). The maximum Gasteiger partial charge on any atom is 0.0953 e. The summed E-state index contributed by atoms with van der Waals surface area (Å²) in [7, 11) is 0. The van der Waals surface area contributed by atoms with E-state index in [0.717, 1.165) is 13.1 Å². The van der Waals surface area contributed by atoms with Crippen molar-refractivity contribution < 1.29 is 4.74 Å². The average Bonchev–Trinajstić information content (AvgIpc) is 2.18. The lowest BCUT2D eigenvalue weighted by Crippen LogP contribution is -2.38. The first-order chi connectivity index (χ1) is 6.75. The smallest absolute Gasteiger partial charge is 0.0953 e. The van der Waals surface area contributed by atoms with E-state index in [2.05, 4.69) is 43.4 Å². The van der Waals surface area contributed by atoms with Crippen molar-refractivity contribution in [3.05, 3.63) is 35.4 Å². The van der Waals surface area contributed by atoms with E-state index in [-0.39, 0.29) is 6.10 Å². The molecule has 1 aliphatic heterocycles. The Hall–Kier alpha value is -0.860. The summed E-state index contributed by atoms with van der Waals surface area (Å²) < 4.78 is 5.86. The van der Waals surface area contributed by atoms with Crippen LogP contribution in [0.4, 0.5) is 0 Å². The van der Waals surface area contributed by atoms with Gasteiger partial charge in [0, 0.05) is 13.1 Å². The average molecular weight is 191 g/mol. The Morgan fingerprint density at radius 1 is 1.36 bits per heavy atom. The lowest BCUT2D eigenvalue weighted by molar-refractivity contribution is -0.0287. The van der Waals surface area contributed by atoms with Crippen LogP contribution in [0, 0.1) is 6.92 Å². The van der Waals surface area contributed by atoms with E-state index in [0.29, 0.717) is 6.10 Å². The molecule has 0 bridgehead atoms. The Morgan fingerprint density at radius 2 is 2.21 bits per heavy atom. The van der Waals surface area contributed by atoms with Crippen LogP contribution in [0.2, 0.25) is 0 Å². The molecule has 1 fully saturated rings. The zero-order valence-corrected chi connectivity index (χ0v) is 8.79. The molecular formula is C12H17NO. The van der Waals surface area contributed by atoms with Gasteiger partial charge in [0.05, 0.1) is 12.2 Å². The summed E-state index contributed by atoms with van der Waals surface area (Å²) in [5, 5.41) is 3.38. The third-order valence-electron chi connectivity index (χ3n) is 2.57. The second kappa shape index (κ2) is 4.11. The van der Waals surface area contributed by atoms with Crippen molar-refractivity contribution in [2.75, 3.05) is 13.1 Å². The van der Waals surface area contributed by atoms with Gasteiger partial charge in [-0.2, -0.15) is 0 Å². The van der Waals surface area contributed by atoms with Crippen LogP contribution < -0.4 is 5.32 Å². The summed E-state index contributed by atoms with van der Waals surface area (Å²) in [5.74, 6) is 0. The number of morpholine rings is 1. The minimum absolute atomic E-state index is 0.221. The van der Waals surface area contributed by atoms with Gasteiger partial charge in [-0.25, -0.2) is 0 Å². The predicted octanol–water partition coefficient (Wildman–Crippen LogP) is 2.04. The van der Waals surface area contributed by atoms with Crippen LogP contribution in [0.5, 0.6) is 0 Å². The number of hydrogen-bond acceptors (Lipinski definition) is 2. The van der Waals surface area contributed by atoms with E-state index in [1.807, 2.05) is 0 Å². The molecule has 1 unspecified atom stereocenters. The fraction of sp³-hybridized carbons (Fsp3) is 0.500. The normalized spacial score (nSPS) is 27.6. The topological polar surface area (TPSA) is 21.3 Å². The summed E-state index contributed by atoms with van der Waals surface area (Å²) in [6.07, 6.45) is 0.535. The van der Waals surface area contributed by atoms with Gasteiger partial charge in [-0.1, -0.05) is 29.8 Å². The summed E-state index contributed by atoms with van der Waals surface area (Å²) in [4.78, 5) is 0. The second-order valence-electron chi connectivity index (χ2n) is 4.01. The van der Waals surface area contributed by atoms with Crippen LogP contribution in [0.15, 0.2) is 24.3 Å². The molecule has 0 aliphatic carbocycles. The van der Waals surface area contributed by atoms with Gasteiger partial charge in [-0.3, -0.25) is 0 Å². The molecular weight excluding hydrogens is 174 g/mol. The van der Waals surface area contributed by atoms with Crippen LogP contribution >= 0.6 is 0 Å². The van der Waals surface area contributed by atoms with Gasteiger partial charge in [-0.05, 0) is 19.4 Å². The molecule has 0 spiro atoms. The number of hydrogen-bond donors (Lipinski definition) is 1. The lowest BCUT2D eigenvalue weighted by atomic mass is 10.1. The van der Waals surface area contributed by atoms with Gasteiger partial charge in [-0.15, -0.1) is 0 Å². The molecule has 0 saturated carbocycles. The Morgan fingerprint density at radius 3 is 2.93 bits per heavy atom. The van der Waals surface area contributed by atoms with Crippen molar-refractivity contribution in [2.45, 2.75) is 26.1 Å². The van der Waals surface area contributed by atoms with Gasteiger partial charge in [0.15, 0.2) is 0 Å². The van der Waals surface area contributed by atoms with E-state index < -0.39 is 0 Å². The van der Waals surface area contributed by atoms with Gasteiger partial charge in [0.2, 0.25) is 0 Å². The van der Waals surface area contributed by atoms with E-state index >= 15 is 0 Å². The quantitative estimate of drug-likeness (QED) is 0.733. The van der Waals surface area contributed by atoms with Crippen molar-refractivity contribution in [2.24, 2.45) is 0 Å². The number of rotatable bonds is 1. The van der Waals surface area contributed by atoms with Crippen LogP contribution in [0.1, 0.15) is 24.2 Å². The molecule has 14 heavy (non-hydrogen) atoms. The Kier molecular flexibility index (Phi) is 2.85. The van der Waals surface area contributed by atoms with Crippen molar-refractivity contribution in [1.29, 1.82) is 0 Å². The molecule has 1 aliphatic rings. The summed E-state index contributed by atoms with van der Waals surface area (Å²) in [5.41, 5.74) is 2.58. The molecule has 0 amide bonds. The van der Waals surface area contributed by atoms with Crippen molar-refractivity contribution in [3.8, 4) is 0 Å². The van der Waals surface area contributed by atoms with E-state index in [4.69, 9.17) is 4.74 Å². The maximum atomic E-state index is 5.86. The zero-order valence-electron chi connectivity index (χ0n) is 8.79. The highest BCUT2D eigenvalue weighted by Crippen LogP contribution is 2.21. The van der Waals surface area contributed by atoms with Gasteiger partial charge in [0.1, 0.15) is 0 Å². The molecule has 2 nitrogen and oxygen atoms in total. The van der Waals surface area contributed by atoms with Crippen LogP contribution in [0.25, 0.3) is 0 Å². The highest BCUT2D eigenvalue weighted by atomic mass is 16.5. The predicted molar refractivity (Wildman–Crippen MR) is 57.3 cm³/mol. The minimum atomic E-state index is 0.221. The third-order valence-corrected chi connectivity index (χ3v) is 2.57. The van der Waals surface area contributed by atoms with Gasteiger partial charge < -0.3 is 10.1 Å². The zero-order chi connectivity index (χ0) is 9.97. The summed E-state index contributed by atoms with van der Waals surface area (Å²) in [6, 6.07) is 8.54. The van der Waals surface area contributed by atoms with Crippen LogP contribution in [-0.4, -0.2) is 19.2 Å². The minimum Gasteiger partial charge on any atom is -0.368 e. The number of benzene rings is 1. The van der Waals surface area contributed by atoms with E-state index in [1.54, 1.807) is 0 Å². The standard InChI is InChI=1S/C12H17NO/c1-9-4-3-5-11(6-9)12-8-13-7-10(2)14-12/h3-6,10,12-13H,7-8H2,1-2H3/t10-,12?/m1/s1.